The molecule has 2 heterocycles. The van der Waals surface area contributed by atoms with E-state index in [4.69, 9.17) is 5.11 Å². The van der Waals surface area contributed by atoms with Gasteiger partial charge in [0.05, 0.1) is 12.5 Å². The van der Waals surface area contributed by atoms with Crippen molar-refractivity contribution in [1.82, 2.24) is 4.90 Å². The van der Waals surface area contributed by atoms with E-state index in [9.17, 15) is 9.59 Å². The minimum atomic E-state index is -0.851. The first-order valence-electron chi connectivity index (χ1n) is 7.12. The van der Waals surface area contributed by atoms with Crippen LogP contribution in [0.3, 0.4) is 0 Å². The van der Waals surface area contributed by atoms with E-state index in [0.717, 1.165) is 24.4 Å². The molecule has 1 unspecified atom stereocenters. The Morgan fingerprint density at radius 3 is 3.10 bits per heavy atom. The van der Waals surface area contributed by atoms with Gasteiger partial charge in [-0.3, -0.25) is 9.59 Å². The molecule has 1 fully saturated rings. The SMILES string of the molecule is O=C(O)CC1CSCCN1C(=O)c1ccc2c(c1)NCC2. The monoisotopic (exact) mass is 306 g/mol. The molecule has 0 radical (unpaired) electrons. The summed E-state index contributed by atoms with van der Waals surface area (Å²) in [5, 5.41) is 12.3. The molecule has 112 valence electrons. The van der Waals surface area contributed by atoms with E-state index in [-0.39, 0.29) is 18.4 Å². The van der Waals surface area contributed by atoms with Gasteiger partial charge in [-0.1, -0.05) is 6.07 Å². The molecule has 2 aliphatic rings. The molecule has 1 saturated heterocycles. The fraction of sp³-hybridized carbons (Fsp3) is 0.467. The first kappa shape index (κ1) is 14.3. The number of thioether (sulfide) groups is 1. The molecule has 21 heavy (non-hydrogen) atoms. The third-order valence-electron chi connectivity index (χ3n) is 3.97. The fourth-order valence-electron chi connectivity index (χ4n) is 2.88. The van der Waals surface area contributed by atoms with Crippen LogP contribution in [0.4, 0.5) is 5.69 Å². The number of nitrogens with zero attached hydrogens (tertiary/aromatic N) is 1. The number of amides is 1. The van der Waals surface area contributed by atoms with Crippen LogP contribution < -0.4 is 5.32 Å². The molecule has 3 rings (SSSR count). The van der Waals surface area contributed by atoms with Crippen molar-refractivity contribution in [1.29, 1.82) is 0 Å². The molecule has 2 aliphatic heterocycles. The zero-order valence-corrected chi connectivity index (χ0v) is 12.5. The van der Waals surface area contributed by atoms with Gasteiger partial charge in [0.15, 0.2) is 0 Å². The predicted octanol–water partition coefficient (Wildman–Crippen LogP) is 1.69. The predicted molar refractivity (Wildman–Crippen MR) is 83.0 cm³/mol. The number of fused-ring (bicyclic) bond motifs is 1. The molecule has 1 amide bonds. The molecular formula is C15H18N2O3S. The van der Waals surface area contributed by atoms with Crippen molar-refractivity contribution in [2.24, 2.45) is 0 Å². The number of rotatable bonds is 3. The van der Waals surface area contributed by atoms with Crippen molar-refractivity contribution < 1.29 is 14.7 Å². The normalized spacial score (nSPS) is 20.8. The first-order chi connectivity index (χ1) is 10.1. The summed E-state index contributed by atoms with van der Waals surface area (Å²) in [5.41, 5.74) is 2.91. The molecule has 0 aliphatic carbocycles. The number of benzene rings is 1. The van der Waals surface area contributed by atoms with Gasteiger partial charge in [0.25, 0.3) is 5.91 Å². The summed E-state index contributed by atoms with van der Waals surface area (Å²) in [6.45, 7) is 1.53. The molecule has 6 heteroatoms. The maximum Gasteiger partial charge on any atom is 0.305 e. The molecule has 2 N–H and O–H groups in total. The molecule has 0 bridgehead atoms. The van der Waals surface area contributed by atoms with E-state index >= 15 is 0 Å². The first-order valence-corrected chi connectivity index (χ1v) is 8.28. The summed E-state index contributed by atoms with van der Waals surface area (Å²) in [7, 11) is 0. The number of hydrogen-bond donors (Lipinski definition) is 2. The number of carbonyl (C=O) groups is 2. The Kier molecular flexibility index (Phi) is 4.05. The number of aliphatic carboxylic acids is 1. The molecule has 0 spiro atoms. The van der Waals surface area contributed by atoms with Gasteiger partial charge in [0.1, 0.15) is 0 Å². The lowest BCUT2D eigenvalue weighted by atomic mass is 10.1. The van der Waals surface area contributed by atoms with Crippen LogP contribution in [0.15, 0.2) is 18.2 Å². The highest BCUT2D eigenvalue weighted by atomic mass is 32.2. The van der Waals surface area contributed by atoms with Crippen molar-refractivity contribution in [3.63, 3.8) is 0 Å². The lowest BCUT2D eigenvalue weighted by molar-refractivity contribution is -0.138. The van der Waals surface area contributed by atoms with E-state index in [1.54, 1.807) is 16.7 Å². The lowest BCUT2D eigenvalue weighted by Gasteiger charge is -2.34. The van der Waals surface area contributed by atoms with Crippen molar-refractivity contribution in [3.05, 3.63) is 29.3 Å². The molecule has 0 aromatic heterocycles. The Hall–Kier alpha value is -1.69. The highest BCUT2D eigenvalue weighted by Crippen LogP contribution is 2.26. The van der Waals surface area contributed by atoms with Crippen molar-refractivity contribution in [2.45, 2.75) is 18.9 Å². The average Bonchev–Trinajstić information content (AvgIpc) is 2.94. The van der Waals surface area contributed by atoms with Crippen LogP contribution >= 0.6 is 11.8 Å². The zero-order valence-electron chi connectivity index (χ0n) is 11.7. The summed E-state index contributed by atoms with van der Waals surface area (Å²) in [6.07, 6.45) is 1.01. The Balaban J connectivity index is 1.80. The van der Waals surface area contributed by atoms with Crippen molar-refractivity contribution >= 4 is 29.3 Å². The van der Waals surface area contributed by atoms with Gasteiger partial charge in [-0.2, -0.15) is 11.8 Å². The minimum Gasteiger partial charge on any atom is -0.481 e. The Labute approximate surface area is 127 Å². The number of carboxylic acid groups (broad SMARTS) is 1. The van der Waals surface area contributed by atoms with Gasteiger partial charge in [-0.05, 0) is 24.1 Å². The maximum atomic E-state index is 12.7. The molecule has 0 saturated carbocycles. The second kappa shape index (κ2) is 5.97. The van der Waals surface area contributed by atoms with Gasteiger partial charge in [-0.25, -0.2) is 0 Å². The van der Waals surface area contributed by atoms with Crippen LogP contribution in [0.2, 0.25) is 0 Å². The van der Waals surface area contributed by atoms with E-state index in [1.807, 2.05) is 18.2 Å². The maximum absolute atomic E-state index is 12.7. The summed E-state index contributed by atoms with van der Waals surface area (Å²) >= 11 is 1.71. The van der Waals surface area contributed by atoms with Crippen LogP contribution in [0.5, 0.6) is 0 Å². The highest BCUT2D eigenvalue weighted by Gasteiger charge is 2.29. The van der Waals surface area contributed by atoms with E-state index in [0.29, 0.717) is 17.9 Å². The number of anilines is 1. The standard InChI is InChI=1S/C15H18N2O3S/c18-14(19)8-12-9-21-6-5-17(12)15(20)11-2-1-10-3-4-16-13(10)7-11/h1-2,7,12,16H,3-6,8-9H2,(H,18,19). The van der Waals surface area contributed by atoms with Gasteiger partial charge < -0.3 is 15.3 Å². The average molecular weight is 306 g/mol. The molecular weight excluding hydrogens is 288 g/mol. The van der Waals surface area contributed by atoms with Gasteiger partial charge in [-0.15, -0.1) is 0 Å². The molecule has 1 aromatic carbocycles. The van der Waals surface area contributed by atoms with Gasteiger partial charge in [0, 0.05) is 35.8 Å². The van der Waals surface area contributed by atoms with Crippen molar-refractivity contribution in [2.75, 3.05) is 29.9 Å². The topological polar surface area (TPSA) is 69.6 Å². The number of nitrogens with one attached hydrogen (secondary N) is 1. The summed E-state index contributed by atoms with van der Waals surface area (Å²) in [6, 6.07) is 5.53. The number of hydrogen-bond acceptors (Lipinski definition) is 4. The second-order valence-electron chi connectivity index (χ2n) is 5.37. The lowest BCUT2D eigenvalue weighted by Crippen LogP contribution is -2.47. The van der Waals surface area contributed by atoms with Crippen LogP contribution in [0.1, 0.15) is 22.3 Å². The molecule has 5 nitrogen and oxygen atoms in total. The van der Waals surface area contributed by atoms with Crippen LogP contribution in [0, 0.1) is 0 Å². The number of carbonyl (C=O) groups excluding carboxylic acids is 1. The minimum absolute atomic E-state index is 0.0158. The smallest absolute Gasteiger partial charge is 0.305 e. The van der Waals surface area contributed by atoms with Crippen LogP contribution in [-0.4, -0.2) is 52.5 Å². The molecule has 1 atom stereocenters. The van der Waals surface area contributed by atoms with E-state index in [2.05, 4.69) is 5.32 Å². The van der Waals surface area contributed by atoms with Gasteiger partial charge in [0.2, 0.25) is 0 Å². The Bertz CT molecular complexity index is 576. The van der Waals surface area contributed by atoms with Crippen molar-refractivity contribution in [3.8, 4) is 0 Å². The second-order valence-corrected chi connectivity index (χ2v) is 6.52. The van der Waals surface area contributed by atoms with Gasteiger partial charge >= 0.3 is 5.97 Å². The van der Waals surface area contributed by atoms with Crippen LogP contribution in [0.25, 0.3) is 0 Å². The summed E-state index contributed by atoms with van der Waals surface area (Å²) in [5.74, 6) is 0.653. The highest BCUT2D eigenvalue weighted by molar-refractivity contribution is 7.99. The fourth-order valence-corrected chi connectivity index (χ4v) is 3.94. The largest absolute Gasteiger partial charge is 0.481 e. The van der Waals surface area contributed by atoms with E-state index in [1.165, 1.54) is 5.56 Å². The van der Waals surface area contributed by atoms with Crippen LogP contribution in [-0.2, 0) is 11.2 Å². The Morgan fingerprint density at radius 2 is 2.29 bits per heavy atom. The summed E-state index contributed by atoms with van der Waals surface area (Å²) in [4.78, 5) is 25.4. The summed E-state index contributed by atoms with van der Waals surface area (Å²) < 4.78 is 0. The number of carboxylic acids is 1. The molecule has 1 aromatic rings. The van der Waals surface area contributed by atoms with E-state index < -0.39 is 5.97 Å². The third kappa shape index (κ3) is 3.00. The Morgan fingerprint density at radius 1 is 1.43 bits per heavy atom. The zero-order chi connectivity index (χ0) is 14.8. The third-order valence-corrected chi connectivity index (χ3v) is 5.06. The quantitative estimate of drug-likeness (QED) is 0.889.